The van der Waals surface area contributed by atoms with Crippen molar-refractivity contribution >= 4 is 5.91 Å². The maximum Gasteiger partial charge on any atom is 0.241 e. The molecule has 1 amide bonds. The van der Waals surface area contributed by atoms with Crippen LogP contribution in [0.5, 0.6) is 0 Å². The Bertz CT molecular complexity index is 363. The highest BCUT2D eigenvalue weighted by molar-refractivity contribution is 5.83. The van der Waals surface area contributed by atoms with E-state index in [1.165, 1.54) is 19.3 Å². The van der Waals surface area contributed by atoms with Crippen molar-refractivity contribution in [3.05, 3.63) is 0 Å². The minimum Gasteiger partial charge on any atom is -0.326 e. The lowest BCUT2D eigenvalue weighted by Crippen LogP contribution is -2.50. The Labute approximate surface area is 116 Å². The number of nitrogens with zero attached hydrogens (tertiary/aromatic N) is 2. The molecule has 4 nitrogen and oxygen atoms in total. The first kappa shape index (κ1) is 14.3. The van der Waals surface area contributed by atoms with E-state index in [1.54, 1.807) is 4.90 Å². The summed E-state index contributed by atoms with van der Waals surface area (Å²) < 4.78 is 0. The molecule has 4 heteroatoms. The Balaban J connectivity index is 2.07. The summed E-state index contributed by atoms with van der Waals surface area (Å²) in [4.78, 5) is 14.5. The third kappa shape index (κ3) is 2.92. The molecule has 0 aromatic heterocycles. The average molecular weight is 263 g/mol. The van der Waals surface area contributed by atoms with Gasteiger partial charge in [0.15, 0.2) is 0 Å². The molecule has 2 fully saturated rings. The van der Waals surface area contributed by atoms with Gasteiger partial charge in [0.2, 0.25) is 5.91 Å². The van der Waals surface area contributed by atoms with E-state index in [-0.39, 0.29) is 18.0 Å². The molecule has 106 valence electrons. The Morgan fingerprint density at radius 1 is 1.47 bits per heavy atom. The van der Waals surface area contributed by atoms with E-state index in [4.69, 9.17) is 5.26 Å². The zero-order valence-electron chi connectivity index (χ0n) is 12.1. The van der Waals surface area contributed by atoms with Crippen molar-refractivity contribution in [1.29, 1.82) is 5.26 Å². The van der Waals surface area contributed by atoms with E-state index < -0.39 is 0 Å². The molecule has 19 heavy (non-hydrogen) atoms. The zero-order valence-corrected chi connectivity index (χ0v) is 12.1. The second kappa shape index (κ2) is 6.38. The number of carbonyl (C=O) groups excluding carboxylic acids is 1. The lowest BCUT2D eigenvalue weighted by molar-refractivity contribution is -0.135. The summed E-state index contributed by atoms with van der Waals surface area (Å²) in [6.07, 6.45) is 5.86. The molecule has 0 aromatic carbocycles. The van der Waals surface area contributed by atoms with Gasteiger partial charge in [-0.25, -0.2) is 0 Å². The number of hydrogen-bond donors (Lipinski definition) is 1. The third-order valence-corrected chi connectivity index (χ3v) is 4.66. The van der Waals surface area contributed by atoms with Gasteiger partial charge in [0.05, 0.1) is 12.1 Å². The van der Waals surface area contributed by atoms with Crippen LogP contribution in [0.4, 0.5) is 0 Å². The van der Waals surface area contributed by atoms with Gasteiger partial charge in [-0.1, -0.05) is 19.8 Å². The van der Waals surface area contributed by atoms with Crippen LogP contribution in [0.1, 0.15) is 46.0 Å². The Kier molecular flexibility index (Phi) is 4.81. The molecule has 1 saturated carbocycles. The minimum absolute atomic E-state index is 0.0485. The lowest BCUT2D eigenvalue weighted by Gasteiger charge is -2.32. The summed E-state index contributed by atoms with van der Waals surface area (Å²) in [5, 5.41) is 12.5. The summed E-state index contributed by atoms with van der Waals surface area (Å²) in [6.45, 7) is 5.53. The molecule has 0 aromatic rings. The number of rotatable bonds is 4. The number of nitrogens with one attached hydrogen (secondary N) is 1. The predicted molar refractivity (Wildman–Crippen MR) is 74.3 cm³/mol. The molecule has 1 saturated heterocycles. The van der Waals surface area contributed by atoms with E-state index in [2.05, 4.69) is 18.3 Å². The number of nitriles is 1. The summed E-state index contributed by atoms with van der Waals surface area (Å²) in [5.74, 6) is 1.31. The number of carbonyl (C=O) groups is 1. The van der Waals surface area contributed by atoms with Crippen molar-refractivity contribution in [2.24, 2.45) is 11.8 Å². The van der Waals surface area contributed by atoms with Gasteiger partial charge >= 0.3 is 0 Å². The maximum atomic E-state index is 12.7. The fraction of sp³-hybridized carbons (Fsp3) is 0.867. The van der Waals surface area contributed by atoms with Crippen LogP contribution >= 0.6 is 0 Å². The minimum atomic E-state index is -0.322. The van der Waals surface area contributed by atoms with Crippen LogP contribution in [-0.4, -0.2) is 36.0 Å². The molecule has 0 spiro atoms. The molecule has 1 N–H and O–H groups in total. The first-order valence-corrected chi connectivity index (χ1v) is 7.62. The number of fused-ring (bicyclic) bond motifs is 1. The normalized spacial score (nSPS) is 31.3. The molecular formula is C15H25N3O. The fourth-order valence-electron chi connectivity index (χ4n) is 3.61. The fourth-order valence-corrected chi connectivity index (χ4v) is 3.61. The van der Waals surface area contributed by atoms with Crippen LogP contribution in [0.15, 0.2) is 0 Å². The summed E-state index contributed by atoms with van der Waals surface area (Å²) >= 11 is 0. The maximum absolute atomic E-state index is 12.7. The standard InChI is InChI=1S/C15H25N3O/c1-3-8-18(11(2)9-16)15(19)14-13-7-5-4-6-12(13)10-17-14/h11-14,17H,3-8,10H2,1-2H3/t11-,12?,13?,14?/m0/s1. The van der Waals surface area contributed by atoms with E-state index in [0.29, 0.717) is 18.4 Å². The van der Waals surface area contributed by atoms with Gasteiger partial charge < -0.3 is 10.2 Å². The van der Waals surface area contributed by atoms with Crippen LogP contribution in [0.25, 0.3) is 0 Å². The Morgan fingerprint density at radius 2 is 2.21 bits per heavy atom. The largest absolute Gasteiger partial charge is 0.326 e. The first-order valence-electron chi connectivity index (χ1n) is 7.62. The topological polar surface area (TPSA) is 56.1 Å². The summed E-state index contributed by atoms with van der Waals surface area (Å²) in [6, 6.07) is 1.83. The quantitative estimate of drug-likeness (QED) is 0.843. The Morgan fingerprint density at radius 3 is 2.89 bits per heavy atom. The third-order valence-electron chi connectivity index (χ3n) is 4.66. The number of hydrogen-bond acceptors (Lipinski definition) is 3. The van der Waals surface area contributed by atoms with Crippen molar-refractivity contribution in [3.8, 4) is 6.07 Å². The monoisotopic (exact) mass is 263 g/mol. The molecule has 2 rings (SSSR count). The second-order valence-corrected chi connectivity index (χ2v) is 5.93. The molecule has 3 unspecified atom stereocenters. The zero-order chi connectivity index (χ0) is 13.8. The van der Waals surface area contributed by atoms with Gasteiger partial charge in [-0.3, -0.25) is 4.79 Å². The number of amides is 1. The van der Waals surface area contributed by atoms with Crippen LogP contribution < -0.4 is 5.32 Å². The molecule has 1 aliphatic heterocycles. The van der Waals surface area contributed by atoms with Crippen LogP contribution in [0.3, 0.4) is 0 Å². The van der Waals surface area contributed by atoms with E-state index >= 15 is 0 Å². The summed E-state index contributed by atoms with van der Waals surface area (Å²) in [7, 11) is 0. The van der Waals surface area contributed by atoms with Crippen molar-refractivity contribution in [2.75, 3.05) is 13.1 Å². The highest BCUT2D eigenvalue weighted by Crippen LogP contribution is 2.36. The molecule has 1 aliphatic carbocycles. The molecule has 2 aliphatic rings. The van der Waals surface area contributed by atoms with Crippen molar-refractivity contribution in [3.63, 3.8) is 0 Å². The van der Waals surface area contributed by atoms with Gasteiger partial charge in [0.25, 0.3) is 0 Å². The molecule has 1 heterocycles. The van der Waals surface area contributed by atoms with Crippen LogP contribution in [-0.2, 0) is 4.79 Å². The lowest BCUT2D eigenvalue weighted by atomic mass is 9.78. The molecule has 0 radical (unpaired) electrons. The van der Waals surface area contributed by atoms with Crippen molar-refractivity contribution in [1.82, 2.24) is 10.2 Å². The highest BCUT2D eigenvalue weighted by atomic mass is 16.2. The van der Waals surface area contributed by atoms with Gasteiger partial charge in [0, 0.05) is 6.54 Å². The highest BCUT2D eigenvalue weighted by Gasteiger charge is 2.42. The molecular weight excluding hydrogens is 238 g/mol. The molecule has 0 bridgehead atoms. The van der Waals surface area contributed by atoms with Crippen LogP contribution in [0.2, 0.25) is 0 Å². The van der Waals surface area contributed by atoms with Gasteiger partial charge in [-0.2, -0.15) is 5.26 Å². The van der Waals surface area contributed by atoms with E-state index in [1.807, 2.05) is 6.92 Å². The van der Waals surface area contributed by atoms with Crippen LogP contribution in [0, 0.1) is 23.2 Å². The van der Waals surface area contributed by atoms with Gasteiger partial charge in [-0.05, 0) is 44.6 Å². The van der Waals surface area contributed by atoms with Gasteiger partial charge in [0.1, 0.15) is 6.04 Å². The average Bonchev–Trinajstić information content (AvgIpc) is 2.87. The first-order chi connectivity index (χ1) is 9.19. The summed E-state index contributed by atoms with van der Waals surface area (Å²) in [5.41, 5.74) is 0. The Hall–Kier alpha value is -1.08. The van der Waals surface area contributed by atoms with E-state index in [0.717, 1.165) is 19.4 Å². The van der Waals surface area contributed by atoms with Crippen molar-refractivity contribution < 1.29 is 4.79 Å². The van der Waals surface area contributed by atoms with Crippen molar-refractivity contribution in [2.45, 2.75) is 58.0 Å². The van der Waals surface area contributed by atoms with Gasteiger partial charge in [-0.15, -0.1) is 0 Å². The van der Waals surface area contributed by atoms with E-state index in [9.17, 15) is 4.79 Å². The molecule has 4 atom stereocenters. The SMILES string of the molecule is CCCN(C(=O)C1NCC2CCCCC21)[C@@H](C)C#N. The second-order valence-electron chi connectivity index (χ2n) is 5.93. The predicted octanol–water partition coefficient (Wildman–Crippen LogP) is 1.92. The smallest absolute Gasteiger partial charge is 0.241 e.